The van der Waals surface area contributed by atoms with Crippen molar-refractivity contribution in [1.82, 2.24) is 10.6 Å². The van der Waals surface area contributed by atoms with Crippen LogP contribution in [-0.2, 0) is 38.0 Å². The van der Waals surface area contributed by atoms with Gasteiger partial charge in [0.15, 0.2) is 18.9 Å². The minimum atomic E-state index is -2.01. The number of carbonyl (C=O) groups is 2. The monoisotopic (exact) mass is 1240 g/mol. The zero-order valence-corrected chi connectivity index (χ0v) is 52.9. The van der Waals surface area contributed by atoms with Crippen LogP contribution in [0.25, 0.3) is 0 Å². The van der Waals surface area contributed by atoms with Crippen LogP contribution in [0.5, 0.6) is 0 Å². The van der Waals surface area contributed by atoms with Gasteiger partial charge in [0.05, 0.1) is 38.6 Å². The molecule has 22 nitrogen and oxygen atoms in total. The molecule has 0 aromatic rings. The molecular weight excluding hydrogens is 1120 g/mol. The van der Waals surface area contributed by atoms with Crippen molar-refractivity contribution in [3.05, 3.63) is 0 Å². The van der Waals surface area contributed by atoms with Gasteiger partial charge in [0.25, 0.3) is 0 Å². The zero-order chi connectivity index (χ0) is 63.1. The second-order valence-electron chi connectivity index (χ2n) is 25.0. The first-order valence-electron chi connectivity index (χ1n) is 34.0. The van der Waals surface area contributed by atoms with E-state index in [1.165, 1.54) is 154 Å². The van der Waals surface area contributed by atoms with Gasteiger partial charge in [-0.15, -0.1) is 0 Å². The van der Waals surface area contributed by atoms with Crippen molar-refractivity contribution >= 4 is 11.8 Å². The van der Waals surface area contributed by atoms with Crippen LogP contribution in [0.15, 0.2) is 0 Å². The van der Waals surface area contributed by atoms with Crippen molar-refractivity contribution in [3.63, 3.8) is 0 Å². The van der Waals surface area contributed by atoms with Crippen molar-refractivity contribution < 1.29 is 99.3 Å². The van der Waals surface area contributed by atoms with E-state index in [4.69, 9.17) is 28.4 Å². The molecule has 0 radical (unpaired) electrons. The Kier molecular flexibility index (Phi) is 43.0. The van der Waals surface area contributed by atoms with Gasteiger partial charge in [-0.25, -0.2) is 0 Å². The highest BCUT2D eigenvalue weighted by Crippen LogP contribution is 2.32. The Bertz CT molecular complexity index is 1680. The van der Waals surface area contributed by atoms with Crippen molar-refractivity contribution in [2.75, 3.05) is 26.4 Å². The summed E-state index contributed by atoms with van der Waals surface area (Å²) < 4.78 is 35.3. The SMILES string of the molecule is CCCCCCCCCCCCCCCCCCCCCCC(O)C(=O)NC(COC1OC(COC2OC(CO)C(O)C(O)C2NC(C)=O)C(O)C(O)C1OC1OC(CO)C(O)C(O)C1O)C(O)C(O)CCCCCCCCCCCCCCCC. The summed E-state index contributed by atoms with van der Waals surface area (Å²) in [6.07, 6.45) is 11.4. The number of hydrogen-bond acceptors (Lipinski definition) is 20. The van der Waals surface area contributed by atoms with E-state index in [2.05, 4.69) is 24.5 Å². The number of amides is 2. The van der Waals surface area contributed by atoms with Gasteiger partial charge >= 0.3 is 0 Å². The molecule has 0 spiro atoms. The van der Waals surface area contributed by atoms with Crippen molar-refractivity contribution in [3.8, 4) is 0 Å². The van der Waals surface area contributed by atoms with Crippen molar-refractivity contribution in [1.29, 1.82) is 0 Å². The second kappa shape index (κ2) is 47.2. The topological polar surface area (TPSA) is 356 Å². The Labute approximate surface area is 514 Å². The quantitative estimate of drug-likeness (QED) is 0.0346. The molecule has 0 aromatic heterocycles. The minimum Gasteiger partial charge on any atom is -0.394 e. The summed E-state index contributed by atoms with van der Waals surface area (Å²) in [5.41, 5.74) is 0. The van der Waals surface area contributed by atoms with E-state index in [-0.39, 0.29) is 12.8 Å². The highest BCUT2D eigenvalue weighted by Gasteiger charge is 2.52. The van der Waals surface area contributed by atoms with E-state index in [1.54, 1.807) is 0 Å². The zero-order valence-electron chi connectivity index (χ0n) is 52.9. The number of rotatable bonds is 51. The van der Waals surface area contributed by atoms with Gasteiger partial charge in [0.1, 0.15) is 85.4 Å². The molecule has 0 bridgehead atoms. The summed E-state index contributed by atoms with van der Waals surface area (Å²) in [4.78, 5) is 25.9. The lowest BCUT2D eigenvalue weighted by Gasteiger charge is -2.47. The third-order valence-corrected chi connectivity index (χ3v) is 17.5. The summed E-state index contributed by atoms with van der Waals surface area (Å²) in [7, 11) is 0. The molecular formula is C64H122N2O20. The van der Waals surface area contributed by atoms with Gasteiger partial charge in [-0.05, 0) is 12.8 Å². The lowest BCUT2D eigenvalue weighted by molar-refractivity contribution is -0.371. The molecule has 22 heteroatoms. The molecule has 19 atom stereocenters. The first kappa shape index (κ1) is 78.5. The van der Waals surface area contributed by atoms with E-state index < -0.39 is 155 Å². The van der Waals surface area contributed by atoms with Crippen LogP contribution >= 0.6 is 0 Å². The van der Waals surface area contributed by atoms with Crippen LogP contribution in [0.1, 0.15) is 252 Å². The standard InChI is InChI=1S/C64H122N2O20/c1-4-6-8-10-12-14-16-18-20-21-22-23-24-25-27-29-31-33-35-37-39-47(71)61(80)66-45(52(72)46(70)38-36-34-32-30-28-26-19-17-15-13-11-9-7-5-2)42-81-64-60(86-63-59(79)57(77)54(74)49(41-68)84-63)58(78)55(75)50(85-64)43-82-62-51(65-44(3)69)56(76)53(73)48(40-67)83-62/h45-60,62-64,67-68,70-79H,4-43H2,1-3H3,(H,65,69)(H,66,80). The summed E-state index contributed by atoms with van der Waals surface area (Å²) >= 11 is 0. The van der Waals surface area contributed by atoms with Crippen LogP contribution < -0.4 is 10.6 Å². The highest BCUT2D eigenvalue weighted by atomic mass is 16.8. The van der Waals surface area contributed by atoms with E-state index in [1.807, 2.05) is 0 Å². The second-order valence-corrected chi connectivity index (χ2v) is 25.0. The lowest BCUT2D eigenvalue weighted by Crippen LogP contribution is -2.66. The molecule has 508 valence electrons. The highest BCUT2D eigenvalue weighted by molar-refractivity contribution is 5.80. The summed E-state index contributed by atoms with van der Waals surface area (Å²) in [5.74, 6) is -1.47. The maximum absolute atomic E-state index is 13.8. The first-order chi connectivity index (χ1) is 41.5. The number of carbonyl (C=O) groups excluding carboxylic acids is 2. The fraction of sp³-hybridized carbons (Fsp3) is 0.969. The lowest BCUT2D eigenvalue weighted by atomic mass is 9.96. The summed E-state index contributed by atoms with van der Waals surface area (Å²) in [5, 5.41) is 136. The fourth-order valence-electron chi connectivity index (χ4n) is 11.9. The molecule has 2 amide bonds. The van der Waals surface area contributed by atoms with Crippen molar-refractivity contribution in [2.45, 2.75) is 368 Å². The molecule has 3 rings (SSSR count). The molecule has 3 saturated heterocycles. The number of aliphatic hydroxyl groups excluding tert-OH is 12. The normalized spacial score (nSPS) is 29.4. The number of ether oxygens (including phenoxy) is 6. The van der Waals surface area contributed by atoms with Gasteiger partial charge in [-0.2, -0.15) is 0 Å². The summed E-state index contributed by atoms with van der Waals surface area (Å²) in [6, 6.07) is -2.82. The molecule has 3 aliphatic heterocycles. The minimum absolute atomic E-state index is 0.130. The molecule has 0 saturated carbocycles. The Morgan fingerprint density at radius 1 is 0.442 bits per heavy atom. The Morgan fingerprint density at radius 3 is 1.26 bits per heavy atom. The largest absolute Gasteiger partial charge is 0.394 e. The molecule has 86 heavy (non-hydrogen) atoms. The van der Waals surface area contributed by atoms with Crippen molar-refractivity contribution in [2.24, 2.45) is 0 Å². The van der Waals surface area contributed by atoms with E-state index in [0.717, 1.165) is 58.3 Å². The van der Waals surface area contributed by atoms with Gasteiger partial charge < -0.3 is 100 Å². The third-order valence-electron chi connectivity index (χ3n) is 17.5. The molecule has 3 fully saturated rings. The average Bonchev–Trinajstić information content (AvgIpc) is 1.41. The van der Waals surface area contributed by atoms with E-state index in [9.17, 15) is 70.9 Å². The van der Waals surface area contributed by atoms with Gasteiger partial charge in [-0.3, -0.25) is 9.59 Å². The number of nitrogens with one attached hydrogen (secondary N) is 2. The molecule has 0 aromatic carbocycles. The average molecular weight is 1240 g/mol. The maximum Gasteiger partial charge on any atom is 0.249 e. The Hall–Kier alpha value is -1.78. The third kappa shape index (κ3) is 30.1. The van der Waals surface area contributed by atoms with Gasteiger partial charge in [-0.1, -0.05) is 232 Å². The van der Waals surface area contributed by atoms with Crippen LogP contribution in [0.3, 0.4) is 0 Å². The first-order valence-corrected chi connectivity index (χ1v) is 34.0. The number of hydrogen-bond donors (Lipinski definition) is 14. The molecule has 3 heterocycles. The number of aliphatic hydroxyl groups is 12. The maximum atomic E-state index is 13.8. The molecule has 14 N–H and O–H groups in total. The van der Waals surface area contributed by atoms with Crippen LogP contribution in [0.4, 0.5) is 0 Å². The molecule has 0 aliphatic carbocycles. The van der Waals surface area contributed by atoms with Crippen LogP contribution in [0.2, 0.25) is 0 Å². The fourth-order valence-corrected chi connectivity index (χ4v) is 11.9. The Morgan fingerprint density at radius 2 is 0.826 bits per heavy atom. The predicted molar refractivity (Wildman–Crippen MR) is 324 cm³/mol. The molecule has 19 unspecified atom stereocenters. The number of unbranched alkanes of at least 4 members (excludes halogenated alkanes) is 32. The summed E-state index contributed by atoms with van der Waals surface area (Å²) in [6.45, 7) is 2.68. The smallest absolute Gasteiger partial charge is 0.249 e. The van der Waals surface area contributed by atoms with E-state index in [0.29, 0.717) is 12.8 Å². The van der Waals surface area contributed by atoms with Crippen LogP contribution in [-0.4, -0.2) is 216 Å². The van der Waals surface area contributed by atoms with Gasteiger partial charge in [0, 0.05) is 6.92 Å². The molecule has 3 aliphatic rings. The predicted octanol–water partition coefficient (Wildman–Crippen LogP) is 5.25. The Balaban J connectivity index is 1.66. The van der Waals surface area contributed by atoms with Gasteiger partial charge in [0.2, 0.25) is 11.8 Å². The van der Waals surface area contributed by atoms with Crippen LogP contribution in [0, 0.1) is 0 Å². The van der Waals surface area contributed by atoms with E-state index >= 15 is 0 Å².